The molecule has 0 N–H and O–H groups in total. The second-order valence-corrected chi connectivity index (χ2v) is 7.26. The van der Waals surface area contributed by atoms with Gasteiger partial charge < -0.3 is 9.64 Å². The number of pyridine rings is 1. The summed E-state index contributed by atoms with van der Waals surface area (Å²) >= 11 is 0. The van der Waals surface area contributed by atoms with Crippen LogP contribution in [0.1, 0.15) is 36.7 Å². The second-order valence-electron chi connectivity index (χ2n) is 7.26. The molecule has 1 atom stereocenters. The van der Waals surface area contributed by atoms with E-state index in [0.29, 0.717) is 18.7 Å². The number of carbonyl (C=O) groups is 1. The molecule has 0 spiro atoms. The molecule has 0 aliphatic carbocycles. The van der Waals surface area contributed by atoms with Crippen LogP contribution in [0.2, 0.25) is 0 Å². The average molecular weight is 450 g/mol. The van der Waals surface area contributed by atoms with Gasteiger partial charge in [-0.15, -0.1) is 0 Å². The van der Waals surface area contributed by atoms with Crippen molar-refractivity contribution in [1.82, 2.24) is 19.7 Å². The van der Waals surface area contributed by atoms with E-state index in [4.69, 9.17) is 4.74 Å². The van der Waals surface area contributed by atoms with Crippen molar-refractivity contribution in [2.45, 2.75) is 32.7 Å². The van der Waals surface area contributed by atoms with E-state index in [9.17, 15) is 22.4 Å². The van der Waals surface area contributed by atoms with Crippen molar-refractivity contribution in [2.75, 3.05) is 13.2 Å². The van der Waals surface area contributed by atoms with Crippen LogP contribution in [0.5, 0.6) is 5.88 Å². The molecule has 0 saturated heterocycles. The van der Waals surface area contributed by atoms with E-state index in [-0.39, 0.29) is 18.7 Å². The Morgan fingerprint density at radius 1 is 1.28 bits per heavy atom. The lowest BCUT2D eigenvalue weighted by atomic mass is 10.1. The molecule has 2 aromatic heterocycles. The lowest BCUT2D eigenvalue weighted by Gasteiger charge is -2.28. The summed E-state index contributed by atoms with van der Waals surface area (Å²) < 4.78 is 61.5. The Hall–Kier alpha value is -3.43. The van der Waals surface area contributed by atoms with Crippen LogP contribution < -0.4 is 4.74 Å². The van der Waals surface area contributed by atoms with Crippen LogP contribution in [-0.4, -0.2) is 44.8 Å². The van der Waals surface area contributed by atoms with Gasteiger partial charge in [0, 0.05) is 37.6 Å². The van der Waals surface area contributed by atoms with Gasteiger partial charge in [0.2, 0.25) is 5.88 Å². The first kappa shape index (κ1) is 23.2. The lowest BCUT2D eigenvalue weighted by Crippen LogP contribution is -2.42. The lowest BCUT2D eigenvalue weighted by molar-refractivity contribution is 0.0165. The summed E-state index contributed by atoms with van der Waals surface area (Å²) in [6, 6.07) is 5.59. The molecule has 3 aromatic rings. The molecule has 1 amide bonds. The van der Waals surface area contributed by atoms with Gasteiger partial charge in [-0.3, -0.25) is 4.79 Å². The Labute approximate surface area is 182 Å². The fourth-order valence-electron chi connectivity index (χ4n) is 3.16. The van der Waals surface area contributed by atoms with Crippen molar-refractivity contribution in [3.63, 3.8) is 0 Å². The molecule has 6 nitrogen and oxygen atoms in total. The molecule has 0 unspecified atom stereocenters. The Kier molecular flexibility index (Phi) is 6.81. The molecule has 32 heavy (non-hydrogen) atoms. The highest BCUT2D eigenvalue weighted by Gasteiger charge is 2.27. The fraction of sp³-hybridized carbons (Fsp3) is 0.318. The predicted octanol–water partition coefficient (Wildman–Crippen LogP) is 4.59. The van der Waals surface area contributed by atoms with E-state index < -0.39 is 40.9 Å². The van der Waals surface area contributed by atoms with Crippen LogP contribution in [0.4, 0.5) is 17.6 Å². The number of likely N-dealkylation sites (N-methyl/N-ethyl adjacent to an activating group) is 1. The average Bonchev–Trinajstić information content (AvgIpc) is 3.27. The number of hydrogen-bond donors (Lipinski definition) is 0. The number of hydrogen-bond acceptors (Lipinski definition) is 4. The third-order valence-electron chi connectivity index (χ3n) is 4.85. The van der Waals surface area contributed by atoms with Gasteiger partial charge in [0.1, 0.15) is 12.4 Å². The number of carbonyl (C=O) groups excluding carboxylic acids is 1. The number of halogens is 4. The molecule has 1 aromatic carbocycles. The van der Waals surface area contributed by atoms with Crippen LogP contribution in [-0.2, 0) is 5.92 Å². The highest BCUT2D eigenvalue weighted by molar-refractivity contribution is 5.98. The zero-order chi connectivity index (χ0) is 23.5. The molecule has 170 valence electrons. The van der Waals surface area contributed by atoms with Gasteiger partial charge in [0.25, 0.3) is 11.8 Å². The number of nitrogens with zero attached hydrogens (tertiary/aromatic N) is 4. The van der Waals surface area contributed by atoms with Crippen LogP contribution >= 0.6 is 0 Å². The molecule has 10 heteroatoms. The fourth-order valence-corrected chi connectivity index (χ4v) is 3.16. The molecule has 0 fully saturated rings. The standard InChI is InChI=1S/C22H22F4N4O2/c1-4-29(14(2)13-32-20-18(24)10-15(12-27-20)22(3,25)26)21(31)17-11-16(23)6-7-19(17)30-9-5-8-28-30/h5-12,14H,4,13H2,1-3H3/t14-/m0/s1. The smallest absolute Gasteiger partial charge is 0.272 e. The van der Waals surface area contributed by atoms with Gasteiger partial charge in [-0.2, -0.15) is 5.10 Å². The largest absolute Gasteiger partial charge is 0.473 e. The van der Waals surface area contributed by atoms with Crippen LogP contribution in [0.3, 0.4) is 0 Å². The van der Waals surface area contributed by atoms with E-state index in [1.54, 1.807) is 26.1 Å². The Balaban J connectivity index is 1.78. The van der Waals surface area contributed by atoms with E-state index in [2.05, 4.69) is 10.1 Å². The zero-order valence-corrected chi connectivity index (χ0v) is 17.7. The zero-order valence-electron chi connectivity index (χ0n) is 17.7. The topological polar surface area (TPSA) is 60.2 Å². The van der Waals surface area contributed by atoms with Gasteiger partial charge >= 0.3 is 0 Å². The molecular weight excluding hydrogens is 428 g/mol. The highest BCUT2D eigenvalue weighted by Crippen LogP contribution is 2.28. The number of rotatable bonds is 8. The molecular formula is C22H22F4N4O2. The van der Waals surface area contributed by atoms with Crippen molar-refractivity contribution in [3.8, 4) is 11.6 Å². The normalized spacial score (nSPS) is 12.5. The van der Waals surface area contributed by atoms with Gasteiger partial charge in [-0.1, -0.05) is 0 Å². The van der Waals surface area contributed by atoms with Crippen molar-refractivity contribution in [1.29, 1.82) is 0 Å². The number of ether oxygens (including phenoxy) is 1. The minimum atomic E-state index is -3.23. The van der Waals surface area contributed by atoms with E-state index >= 15 is 0 Å². The first-order valence-corrected chi connectivity index (χ1v) is 9.89. The quantitative estimate of drug-likeness (QED) is 0.471. The minimum absolute atomic E-state index is 0.0984. The van der Waals surface area contributed by atoms with Gasteiger partial charge in [0.05, 0.1) is 17.3 Å². The van der Waals surface area contributed by atoms with Crippen LogP contribution in [0.25, 0.3) is 5.69 Å². The summed E-state index contributed by atoms with van der Waals surface area (Å²) in [7, 11) is 0. The molecule has 0 bridgehead atoms. The monoisotopic (exact) mass is 450 g/mol. The van der Waals surface area contributed by atoms with Crippen LogP contribution in [0, 0.1) is 11.6 Å². The van der Waals surface area contributed by atoms with Crippen molar-refractivity contribution in [2.24, 2.45) is 0 Å². The molecule has 0 radical (unpaired) electrons. The van der Waals surface area contributed by atoms with Crippen molar-refractivity contribution in [3.05, 3.63) is 71.7 Å². The highest BCUT2D eigenvalue weighted by atomic mass is 19.3. The molecule has 0 aliphatic rings. The minimum Gasteiger partial charge on any atom is -0.473 e. The third-order valence-corrected chi connectivity index (χ3v) is 4.85. The number of benzene rings is 1. The Bertz CT molecular complexity index is 1080. The molecule has 3 rings (SSSR count). The van der Waals surface area contributed by atoms with Gasteiger partial charge in [-0.25, -0.2) is 27.2 Å². The molecule has 2 heterocycles. The first-order valence-electron chi connectivity index (χ1n) is 9.89. The second kappa shape index (κ2) is 9.37. The number of amides is 1. The maximum atomic E-state index is 14.1. The van der Waals surface area contributed by atoms with E-state index in [1.165, 1.54) is 27.9 Å². The Morgan fingerprint density at radius 2 is 2.03 bits per heavy atom. The summed E-state index contributed by atoms with van der Waals surface area (Å²) in [6.07, 6.45) is 4.01. The van der Waals surface area contributed by atoms with Crippen LogP contribution in [0.15, 0.2) is 48.9 Å². The summed E-state index contributed by atoms with van der Waals surface area (Å²) in [5.74, 6) is -5.76. The Morgan fingerprint density at radius 3 is 2.62 bits per heavy atom. The summed E-state index contributed by atoms with van der Waals surface area (Å²) in [4.78, 5) is 18.3. The maximum Gasteiger partial charge on any atom is 0.272 e. The number of alkyl halides is 2. The van der Waals surface area contributed by atoms with Gasteiger partial charge in [0.15, 0.2) is 5.82 Å². The van der Waals surface area contributed by atoms with E-state index in [0.717, 1.165) is 12.3 Å². The molecule has 0 aliphatic heterocycles. The SMILES string of the molecule is CCN(C(=O)c1cc(F)ccc1-n1cccn1)[C@@H](C)COc1ncc(C(C)(F)F)cc1F. The third kappa shape index (κ3) is 5.06. The maximum absolute atomic E-state index is 14.1. The summed E-state index contributed by atoms with van der Waals surface area (Å²) in [6.45, 7) is 4.15. The van der Waals surface area contributed by atoms with Gasteiger partial charge in [-0.05, 0) is 44.2 Å². The number of aromatic nitrogens is 3. The first-order chi connectivity index (χ1) is 15.1. The molecule has 0 saturated carbocycles. The summed E-state index contributed by atoms with van der Waals surface area (Å²) in [5, 5.41) is 4.09. The van der Waals surface area contributed by atoms with Crippen molar-refractivity contribution < 1.29 is 27.1 Å². The predicted molar refractivity (Wildman–Crippen MR) is 109 cm³/mol. The summed E-state index contributed by atoms with van der Waals surface area (Å²) in [5.41, 5.74) is -0.0731. The van der Waals surface area contributed by atoms with E-state index in [1.807, 2.05) is 0 Å². The van der Waals surface area contributed by atoms with Crippen molar-refractivity contribution >= 4 is 5.91 Å².